The van der Waals surface area contributed by atoms with Crippen molar-refractivity contribution < 1.29 is 58.8 Å². The molecule has 0 unspecified atom stereocenters. The molecule has 0 amide bonds. The number of aryl methyl sites for hydroxylation is 2. The first kappa shape index (κ1) is 47.4. The minimum Gasteiger partial charge on any atom is -0.508 e. The minimum atomic E-state index is -4.79. The maximum atomic E-state index is 14.0. The van der Waals surface area contributed by atoms with Crippen LogP contribution in [0.5, 0.6) is 17.2 Å². The standard InChI is InChI=1S/C29H30F3NO4S.C21H22F3NO3/c1-20-9-13-25(14-10-20)38(34,35)33-16-6-15-28(27(33)22-7-4-3-5-8-22)18-23(19-36-28)26-17-24(12-11-21(26)2)37-29(30,31)32;22-21(23,24)28-16-7-8-18(26)17(11-16)15-12-20(27-13-15)9-4-10-25-19(20)14-5-2-1-3-6-14/h3-5,7-14,17,23,27H,6,15-16,18-19H2,1-2H3;1-3,5-8,11,15,19,25-26H,4,9-10,12-13H2/t23-,27-,28+;15-,19-,20+/m00/s1. The van der Waals surface area contributed by atoms with E-state index in [0.717, 1.165) is 47.7 Å². The van der Waals surface area contributed by atoms with Gasteiger partial charge >= 0.3 is 12.7 Å². The highest BCUT2D eigenvalue weighted by Crippen LogP contribution is 2.54. The molecule has 5 aromatic carbocycles. The van der Waals surface area contributed by atoms with Crippen molar-refractivity contribution in [3.63, 3.8) is 0 Å². The molecule has 0 bridgehead atoms. The molecule has 66 heavy (non-hydrogen) atoms. The van der Waals surface area contributed by atoms with Gasteiger partial charge in [0.25, 0.3) is 0 Å². The number of phenols is 1. The maximum Gasteiger partial charge on any atom is 0.573 e. The quantitative estimate of drug-likeness (QED) is 0.148. The second kappa shape index (κ2) is 18.9. The highest BCUT2D eigenvalue weighted by atomic mass is 32.2. The number of phenolic OH excluding ortho intramolecular Hbond substituents is 1. The smallest absolute Gasteiger partial charge is 0.508 e. The normalized spacial score (nSPS) is 25.9. The third-order valence-electron chi connectivity index (χ3n) is 13.2. The summed E-state index contributed by atoms with van der Waals surface area (Å²) in [5.41, 5.74) is 3.63. The Hall–Kier alpha value is -5.13. The predicted octanol–water partition coefficient (Wildman–Crippen LogP) is 11.3. The van der Waals surface area contributed by atoms with Crippen LogP contribution in [0.1, 0.15) is 95.8 Å². The van der Waals surface area contributed by atoms with Gasteiger partial charge in [0.2, 0.25) is 10.0 Å². The Balaban J connectivity index is 0.000000188. The number of hydrogen-bond donors (Lipinski definition) is 2. The van der Waals surface area contributed by atoms with Crippen molar-refractivity contribution in [2.24, 2.45) is 0 Å². The predicted molar refractivity (Wildman–Crippen MR) is 235 cm³/mol. The Kier molecular flexibility index (Phi) is 13.5. The zero-order chi connectivity index (χ0) is 46.9. The van der Waals surface area contributed by atoms with Gasteiger partial charge in [0.05, 0.1) is 41.4 Å². The average Bonchev–Trinajstić information content (AvgIpc) is 3.90. The second-order valence-electron chi connectivity index (χ2n) is 17.6. The van der Waals surface area contributed by atoms with Gasteiger partial charge in [-0.3, -0.25) is 0 Å². The van der Waals surface area contributed by atoms with Crippen LogP contribution in [0, 0.1) is 13.8 Å². The summed E-state index contributed by atoms with van der Waals surface area (Å²) in [4.78, 5) is 0.225. The lowest BCUT2D eigenvalue weighted by molar-refractivity contribution is -0.275. The van der Waals surface area contributed by atoms with Crippen molar-refractivity contribution in [1.29, 1.82) is 0 Å². The highest BCUT2D eigenvalue weighted by Gasteiger charge is 2.55. The first-order valence-electron chi connectivity index (χ1n) is 22.0. The largest absolute Gasteiger partial charge is 0.573 e. The van der Waals surface area contributed by atoms with E-state index < -0.39 is 40.0 Å². The lowest BCUT2D eigenvalue weighted by Gasteiger charge is -2.47. The number of nitrogens with zero attached hydrogens (tertiary/aromatic N) is 1. The number of piperidine rings is 2. The SMILES string of the molecule is Cc1ccc(S(=O)(=O)N2CCC[C@@]3(C[C@H](c4cc(OC(F)(F)F)ccc4C)CO3)[C@@H]2c2ccccc2)cc1.Oc1ccc(OC(F)(F)F)cc1[C@@H]1CO[C@]2(CCCN[C@H]2c2ccccc2)C1. The van der Waals surface area contributed by atoms with E-state index in [1.165, 1.54) is 24.3 Å². The van der Waals surface area contributed by atoms with Gasteiger partial charge in [0, 0.05) is 23.9 Å². The first-order chi connectivity index (χ1) is 31.3. The van der Waals surface area contributed by atoms with Crippen LogP contribution in [0.15, 0.2) is 126 Å². The summed E-state index contributed by atoms with van der Waals surface area (Å²) in [6.07, 6.45) is -5.40. The molecule has 4 aliphatic rings. The van der Waals surface area contributed by atoms with Crippen molar-refractivity contribution in [2.45, 2.75) is 105 Å². The Morgan fingerprint density at radius 1 is 0.682 bits per heavy atom. The van der Waals surface area contributed by atoms with Crippen LogP contribution in [-0.2, 0) is 19.5 Å². The molecule has 9 nitrogen and oxygen atoms in total. The molecule has 0 aliphatic carbocycles. The molecule has 0 radical (unpaired) electrons. The second-order valence-corrected chi connectivity index (χ2v) is 19.5. The van der Waals surface area contributed by atoms with Gasteiger partial charge in [-0.05, 0) is 124 Å². The van der Waals surface area contributed by atoms with E-state index in [2.05, 4.69) is 26.9 Å². The highest BCUT2D eigenvalue weighted by molar-refractivity contribution is 7.89. The first-order valence-corrected chi connectivity index (χ1v) is 23.4. The number of halogens is 6. The summed E-state index contributed by atoms with van der Waals surface area (Å²) < 4.78 is 127. The number of benzene rings is 5. The lowest BCUT2D eigenvalue weighted by Crippen LogP contribution is -2.52. The molecule has 4 aliphatic heterocycles. The molecular weight excluding hydrogens is 887 g/mol. The number of ether oxygens (including phenoxy) is 4. The van der Waals surface area contributed by atoms with Crippen LogP contribution >= 0.6 is 0 Å². The summed E-state index contributed by atoms with van der Waals surface area (Å²) in [5.74, 6) is -1.06. The molecule has 16 heteroatoms. The number of rotatable bonds is 8. The third-order valence-corrected chi connectivity index (χ3v) is 15.1. The molecule has 2 spiro atoms. The van der Waals surface area contributed by atoms with Crippen molar-refractivity contribution in [3.8, 4) is 17.2 Å². The summed E-state index contributed by atoms with van der Waals surface area (Å²) in [6, 6.07) is 33.7. The van der Waals surface area contributed by atoms with E-state index in [1.54, 1.807) is 34.6 Å². The van der Waals surface area contributed by atoms with Gasteiger partial charge < -0.3 is 29.4 Å². The van der Waals surface area contributed by atoms with Gasteiger partial charge in [-0.15, -0.1) is 26.3 Å². The van der Waals surface area contributed by atoms with Gasteiger partial charge in [-0.1, -0.05) is 84.4 Å². The third kappa shape index (κ3) is 10.4. The fourth-order valence-electron chi connectivity index (χ4n) is 10.4. The van der Waals surface area contributed by atoms with Gasteiger partial charge in [0.1, 0.15) is 17.2 Å². The number of alkyl halides is 6. The number of aromatic hydroxyl groups is 1. The van der Waals surface area contributed by atoms with Gasteiger partial charge in [-0.2, -0.15) is 4.31 Å². The van der Waals surface area contributed by atoms with Crippen molar-refractivity contribution >= 4 is 10.0 Å². The van der Waals surface area contributed by atoms with Crippen LogP contribution in [0.3, 0.4) is 0 Å². The monoisotopic (exact) mass is 938 g/mol. The summed E-state index contributed by atoms with van der Waals surface area (Å²) >= 11 is 0. The van der Waals surface area contributed by atoms with Crippen LogP contribution in [0.4, 0.5) is 26.3 Å². The Morgan fingerprint density at radius 3 is 1.86 bits per heavy atom. The molecule has 352 valence electrons. The number of sulfonamides is 1. The van der Waals surface area contributed by atoms with E-state index in [-0.39, 0.29) is 46.6 Å². The van der Waals surface area contributed by atoms with Crippen LogP contribution in [0.2, 0.25) is 0 Å². The minimum absolute atomic E-state index is 0.00389. The molecule has 5 aromatic rings. The Morgan fingerprint density at radius 2 is 1.23 bits per heavy atom. The molecule has 4 saturated heterocycles. The fourth-order valence-corrected chi connectivity index (χ4v) is 12.1. The van der Waals surface area contributed by atoms with E-state index >= 15 is 0 Å². The van der Waals surface area contributed by atoms with Crippen LogP contribution in [-0.4, -0.2) is 68.1 Å². The zero-order valence-electron chi connectivity index (χ0n) is 36.4. The van der Waals surface area contributed by atoms with Crippen LogP contribution in [0.25, 0.3) is 0 Å². The molecule has 9 rings (SSSR count). The molecular formula is C50H52F6N2O7S. The molecule has 4 fully saturated rings. The lowest BCUT2D eigenvalue weighted by atomic mass is 9.76. The van der Waals surface area contributed by atoms with E-state index in [0.29, 0.717) is 50.0 Å². The molecule has 6 atom stereocenters. The van der Waals surface area contributed by atoms with Crippen molar-refractivity contribution in [1.82, 2.24) is 9.62 Å². The zero-order valence-corrected chi connectivity index (χ0v) is 37.3. The van der Waals surface area contributed by atoms with E-state index in [9.17, 15) is 39.9 Å². The van der Waals surface area contributed by atoms with Crippen molar-refractivity contribution in [2.75, 3.05) is 26.3 Å². The topological polar surface area (TPSA) is 107 Å². The summed E-state index contributed by atoms with van der Waals surface area (Å²) in [5, 5.41) is 13.8. The average molecular weight is 939 g/mol. The van der Waals surface area contributed by atoms with Gasteiger partial charge in [0.15, 0.2) is 0 Å². The van der Waals surface area contributed by atoms with E-state index in [1.807, 2.05) is 62.4 Å². The Bertz CT molecular complexity index is 2570. The summed E-state index contributed by atoms with van der Waals surface area (Å²) in [7, 11) is -3.85. The molecule has 4 heterocycles. The Labute approximate surface area is 380 Å². The van der Waals surface area contributed by atoms with Crippen molar-refractivity contribution in [3.05, 3.63) is 155 Å². The van der Waals surface area contributed by atoms with Gasteiger partial charge in [-0.25, -0.2) is 8.42 Å². The fraction of sp³-hybridized carbons (Fsp3) is 0.400. The maximum absolute atomic E-state index is 14.0. The van der Waals surface area contributed by atoms with Crippen LogP contribution < -0.4 is 14.8 Å². The number of nitrogens with one attached hydrogen (secondary N) is 1. The summed E-state index contributed by atoms with van der Waals surface area (Å²) in [6.45, 7) is 5.60. The number of hydrogen-bond acceptors (Lipinski definition) is 8. The molecule has 0 saturated carbocycles. The molecule has 0 aromatic heterocycles. The molecule has 2 N–H and O–H groups in total. The van der Waals surface area contributed by atoms with E-state index in [4.69, 9.17) is 9.47 Å².